The Morgan fingerprint density at radius 2 is 2.00 bits per heavy atom. The third kappa shape index (κ3) is 1.14. The number of aryl methyl sites for hydroxylation is 2. The lowest BCUT2D eigenvalue weighted by molar-refractivity contribution is 0.457. The molecule has 2 aromatic heterocycles. The Morgan fingerprint density at radius 3 is 2.69 bits per heavy atom. The van der Waals surface area contributed by atoms with Crippen LogP contribution in [-0.4, -0.2) is 24.3 Å². The maximum atomic E-state index is 9.51. The molecule has 0 amide bonds. The Labute approximate surface area is 80.0 Å². The fourth-order valence-corrected chi connectivity index (χ4v) is 1.39. The van der Waals surface area contributed by atoms with Crippen LogP contribution >= 0.6 is 12.8 Å². The lowest BCUT2D eigenvalue weighted by atomic mass is 10.3. The molecule has 2 heterocycles. The first kappa shape index (κ1) is 8.31. The van der Waals surface area contributed by atoms with Crippen LogP contribution < -0.4 is 0 Å². The second-order valence-electron chi connectivity index (χ2n) is 2.77. The van der Waals surface area contributed by atoms with Gasteiger partial charge in [-0.1, -0.05) is 0 Å². The number of rotatable bonds is 0. The van der Waals surface area contributed by atoms with E-state index in [-0.39, 0.29) is 5.88 Å². The highest BCUT2D eigenvalue weighted by Gasteiger charge is 2.12. The number of thiol groups is 1. The van der Waals surface area contributed by atoms with Crippen LogP contribution in [0.3, 0.4) is 0 Å². The zero-order valence-electron chi connectivity index (χ0n) is 7.18. The molecule has 0 spiro atoms. The molecular weight excluding hydrogens is 188 g/mol. The van der Waals surface area contributed by atoms with Gasteiger partial charge in [0.05, 0.1) is 5.69 Å². The van der Waals surface area contributed by atoms with Crippen LogP contribution in [0.4, 0.5) is 0 Å². The zero-order chi connectivity index (χ0) is 9.59. The van der Waals surface area contributed by atoms with E-state index in [9.17, 15) is 5.11 Å². The van der Waals surface area contributed by atoms with Gasteiger partial charge in [0.2, 0.25) is 5.88 Å². The molecule has 0 radical (unpaired) electrons. The van der Waals surface area contributed by atoms with Crippen LogP contribution in [0.5, 0.6) is 5.88 Å². The van der Waals surface area contributed by atoms with Crippen LogP contribution in [0.1, 0.15) is 11.5 Å². The van der Waals surface area contributed by atoms with Crippen LogP contribution in [-0.2, 0) is 0 Å². The Morgan fingerprint density at radius 1 is 1.31 bits per heavy atom. The van der Waals surface area contributed by atoms with Gasteiger partial charge in [0.25, 0.3) is 0 Å². The lowest BCUT2D eigenvalue weighted by Crippen LogP contribution is -1.88. The molecule has 5 nitrogen and oxygen atoms in total. The number of nitrogens with zero attached hydrogens (tertiary/aromatic N) is 4. The Bertz CT molecular complexity index is 479. The monoisotopic (exact) mass is 196 g/mol. The molecule has 0 fully saturated rings. The summed E-state index contributed by atoms with van der Waals surface area (Å²) in [5.41, 5.74) is 1.20. The summed E-state index contributed by atoms with van der Waals surface area (Å²) < 4.78 is 1.37. The zero-order valence-corrected chi connectivity index (χ0v) is 8.08. The van der Waals surface area contributed by atoms with E-state index >= 15 is 0 Å². The van der Waals surface area contributed by atoms with Crippen LogP contribution in [0.25, 0.3) is 11.0 Å². The van der Waals surface area contributed by atoms with Crippen molar-refractivity contribution in [1.29, 1.82) is 0 Å². The van der Waals surface area contributed by atoms with Crippen molar-refractivity contribution in [2.24, 2.45) is 0 Å². The smallest absolute Gasteiger partial charge is 0.225 e. The summed E-state index contributed by atoms with van der Waals surface area (Å²) in [6.07, 6.45) is 0. The number of hydrogen-bond acceptors (Lipinski definition) is 5. The average molecular weight is 196 g/mol. The van der Waals surface area contributed by atoms with E-state index in [1.807, 2.05) is 0 Å². The van der Waals surface area contributed by atoms with Gasteiger partial charge >= 0.3 is 0 Å². The van der Waals surface area contributed by atoms with Gasteiger partial charge in [0.15, 0.2) is 5.65 Å². The summed E-state index contributed by atoms with van der Waals surface area (Å²) >= 11 is 4.06. The van der Waals surface area contributed by atoms with Gasteiger partial charge in [-0.15, -0.1) is 5.10 Å². The van der Waals surface area contributed by atoms with Crippen LogP contribution in [0.15, 0.2) is 0 Å². The molecule has 0 aliphatic carbocycles. The van der Waals surface area contributed by atoms with Crippen molar-refractivity contribution < 1.29 is 5.11 Å². The van der Waals surface area contributed by atoms with Gasteiger partial charge in [-0.3, -0.25) is 0 Å². The molecule has 0 unspecified atom stereocenters. The molecule has 0 saturated carbocycles. The van der Waals surface area contributed by atoms with Crippen molar-refractivity contribution >= 4 is 23.8 Å². The molecule has 0 atom stereocenters. The second-order valence-corrected chi connectivity index (χ2v) is 3.15. The fourth-order valence-electron chi connectivity index (χ4n) is 1.20. The summed E-state index contributed by atoms with van der Waals surface area (Å²) in [6.45, 7) is 3.49. The highest BCUT2D eigenvalue weighted by Crippen LogP contribution is 2.24. The molecule has 0 aliphatic heterocycles. The van der Waals surface area contributed by atoms with E-state index in [1.54, 1.807) is 13.8 Å². The van der Waals surface area contributed by atoms with E-state index in [2.05, 4.69) is 27.9 Å². The maximum absolute atomic E-state index is 9.51. The highest BCUT2D eigenvalue weighted by atomic mass is 32.1. The first-order chi connectivity index (χ1) is 6.09. The third-order valence-electron chi connectivity index (χ3n) is 1.83. The van der Waals surface area contributed by atoms with E-state index in [4.69, 9.17) is 0 Å². The standard InChI is InChI=1S/C7H8N4OS/c1-3-5-6(10-11(3)13)8-4(2)9-7(5)12/h13H,1-2H3,(H,8,9,10,12). The fraction of sp³-hybridized carbons (Fsp3) is 0.286. The van der Waals surface area contributed by atoms with Crippen molar-refractivity contribution in [3.63, 3.8) is 0 Å². The molecule has 2 aromatic rings. The minimum absolute atomic E-state index is 0.0414. The number of fused-ring (bicyclic) bond motifs is 1. The minimum Gasteiger partial charge on any atom is -0.493 e. The Kier molecular flexibility index (Phi) is 1.66. The molecule has 1 N–H and O–H groups in total. The van der Waals surface area contributed by atoms with E-state index in [0.29, 0.717) is 16.9 Å². The van der Waals surface area contributed by atoms with Crippen molar-refractivity contribution in [3.05, 3.63) is 11.5 Å². The molecule has 0 aliphatic rings. The van der Waals surface area contributed by atoms with Gasteiger partial charge in [-0.05, 0) is 26.7 Å². The van der Waals surface area contributed by atoms with Crippen molar-refractivity contribution in [2.45, 2.75) is 13.8 Å². The van der Waals surface area contributed by atoms with E-state index < -0.39 is 0 Å². The van der Waals surface area contributed by atoms with Crippen LogP contribution in [0.2, 0.25) is 0 Å². The number of hydrogen-bond donors (Lipinski definition) is 2. The summed E-state index contributed by atoms with van der Waals surface area (Å²) in [4.78, 5) is 7.90. The molecular formula is C7H8N4OS. The largest absolute Gasteiger partial charge is 0.493 e. The normalized spacial score (nSPS) is 11.0. The van der Waals surface area contributed by atoms with E-state index in [0.717, 1.165) is 5.69 Å². The van der Waals surface area contributed by atoms with Crippen molar-refractivity contribution in [1.82, 2.24) is 19.2 Å². The third-order valence-corrected chi connectivity index (χ3v) is 2.22. The summed E-state index contributed by atoms with van der Waals surface area (Å²) in [7, 11) is 0. The minimum atomic E-state index is -0.0414. The summed E-state index contributed by atoms with van der Waals surface area (Å²) in [5.74, 6) is 0.455. The predicted molar refractivity (Wildman–Crippen MR) is 50.8 cm³/mol. The molecule has 0 bridgehead atoms. The topological polar surface area (TPSA) is 63.8 Å². The Hall–Kier alpha value is -1.30. The van der Waals surface area contributed by atoms with Gasteiger partial charge in [-0.2, -0.15) is 4.98 Å². The van der Waals surface area contributed by atoms with Gasteiger partial charge < -0.3 is 5.11 Å². The number of aromatic hydroxyl groups is 1. The Balaban J connectivity index is 2.94. The quantitative estimate of drug-likeness (QED) is 0.613. The molecule has 6 heteroatoms. The molecule has 2 rings (SSSR count). The first-order valence-electron chi connectivity index (χ1n) is 3.72. The van der Waals surface area contributed by atoms with Gasteiger partial charge in [0, 0.05) is 0 Å². The predicted octanol–water partition coefficient (Wildman–Crippen LogP) is 0.842. The first-order valence-corrected chi connectivity index (χ1v) is 4.12. The van der Waals surface area contributed by atoms with Crippen molar-refractivity contribution in [3.8, 4) is 5.88 Å². The average Bonchev–Trinajstić information content (AvgIpc) is 2.27. The lowest BCUT2D eigenvalue weighted by Gasteiger charge is -1.95. The van der Waals surface area contributed by atoms with Gasteiger partial charge in [0.1, 0.15) is 11.2 Å². The number of aromatic nitrogens is 4. The maximum Gasteiger partial charge on any atom is 0.225 e. The molecule has 13 heavy (non-hydrogen) atoms. The van der Waals surface area contributed by atoms with E-state index in [1.165, 1.54) is 4.09 Å². The molecule has 0 saturated heterocycles. The van der Waals surface area contributed by atoms with Crippen molar-refractivity contribution in [2.75, 3.05) is 0 Å². The molecule has 68 valence electrons. The highest BCUT2D eigenvalue weighted by molar-refractivity contribution is 7.78. The second kappa shape index (κ2) is 2.59. The van der Waals surface area contributed by atoms with Gasteiger partial charge in [-0.25, -0.2) is 9.07 Å². The summed E-state index contributed by atoms with van der Waals surface area (Å²) in [5, 5.41) is 14.1. The van der Waals surface area contributed by atoms with Crippen LogP contribution in [0, 0.1) is 13.8 Å². The molecule has 0 aromatic carbocycles. The SMILES string of the molecule is Cc1nc(O)c2c(C)n(S)nc2n1. The summed E-state index contributed by atoms with van der Waals surface area (Å²) in [6, 6.07) is 0.